The van der Waals surface area contributed by atoms with E-state index < -0.39 is 9.85 Å². The highest BCUT2D eigenvalue weighted by molar-refractivity contribution is 5.51. The van der Waals surface area contributed by atoms with Crippen LogP contribution in [-0.2, 0) is 0 Å². The lowest BCUT2D eigenvalue weighted by Crippen LogP contribution is -2.47. The molecule has 10 heteroatoms. The Kier molecular flexibility index (Phi) is 4.42. The number of aryl methyl sites for hydroxylation is 1. The van der Waals surface area contributed by atoms with Crippen LogP contribution in [0.3, 0.4) is 0 Å². The highest BCUT2D eigenvalue weighted by atomic mass is 16.6. The number of anilines is 2. The quantitative estimate of drug-likeness (QED) is 0.609. The summed E-state index contributed by atoms with van der Waals surface area (Å²) < 4.78 is 0. The average Bonchev–Trinajstić information content (AvgIpc) is 2.61. The first-order valence-electron chi connectivity index (χ1n) is 7.67. The second kappa shape index (κ2) is 6.67. The minimum Gasteiger partial charge on any atom is -0.353 e. The summed E-state index contributed by atoms with van der Waals surface area (Å²) in [4.78, 5) is 33.1. The summed E-state index contributed by atoms with van der Waals surface area (Å²) in [5.74, 6) is 1.40. The molecule has 2 aromatic rings. The van der Waals surface area contributed by atoms with Gasteiger partial charge in [-0.1, -0.05) is 0 Å². The number of pyridine rings is 2. The summed E-state index contributed by atoms with van der Waals surface area (Å²) in [5, 5.41) is 21.5. The molecule has 2 aromatic heterocycles. The second-order valence-corrected chi connectivity index (χ2v) is 5.69. The van der Waals surface area contributed by atoms with E-state index in [2.05, 4.69) is 14.9 Å². The van der Waals surface area contributed by atoms with Gasteiger partial charge in [-0.05, 0) is 19.1 Å². The van der Waals surface area contributed by atoms with Crippen molar-refractivity contribution < 1.29 is 9.85 Å². The van der Waals surface area contributed by atoms with E-state index in [4.69, 9.17) is 0 Å². The Morgan fingerprint density at radius 3 is 2.00 bits per heavy atom. The van der Waals surface area contributed by atoms with E-state index in [1.54, 1.807) is 19.1 Å². The van der Waals surface area contributed by atoms with E-state index in [9.17, 15) is 20.2 Å². The molecule has 0 saturated carbocycles. The molecule has 3 rings (SSSR count). The molecule has 0 atom stereocenters. The van der Waals surface area contributed by atoms with Gasteiger partial charge in [-0.15, -0.1) is 0 Å². The Morgan fingerprint density at radius 1 is 0.920 bits per heavy atom. The fourth-order valence-corrected chi connectivity index (χ4v) is 2.74. The number of aromatic nitrogens is 2. The molecule has 0 aliphatic carbocycles. The number of nitrogens with zero attached hydrogens (tertiary/aromatic N) is 6. The number of nitro groups is 2. The first kappa shape index (κ1) is 16.6. The van der Waals surface area contributed by atoms with Gasteiger partial charge in [0.25, 0.3) is 11.4 Å². The van der Waals surface area contributed by atoms with Gasteiger partial charge in [0.15, 0.2) is 0 Å². The lowest BCUT2D eigenvalue weighted by molar-refractivity contribution is -0.385. The minimum absolute atomic E-state index is 0.0115. The normalized spacial score (nSPS) is 14.4. The van der Waals surface area contributed by atoms with Gasteiger partial charge in [0.2, 0.25) is 0 Å². The zero-order chi connectivity index (χ0) is 18.0. The molecule has 130 valence electrons. The summed E-state index contributed by atoms with van der Waals surface area (Å²) in [6, 6.07) is 4.80. The Morgan fingerprint density at radius 2 is 1.52 bits per heavy atom. The lowest BCUT2D eigenvalue weighted by atomic mass is 10.2. The topological polar surface area (TPSA) is 119 Å². The van der Waals surface area contributed by atoms with Crippen LogP contribution in [0.1, 0.15) is 5.56 Å². The highest BCUT2D eigenvalue weighted by Crippen LogP contribution is 2.23. The van der Waals surface area contributed by atoms with Crippen LogP contribution < -0.4 is 9.80 Å². The Hall–Kier alpha value is -3.30. The molecule has 25 heavy (non-hydrogen) atoms. The smallest absolute Gasteiger partial charge is 0.290 e. The summed E-state index contributed by atoms with van der Waals surface area (Å²) >= 11 is 0. The van der Waals surface area contributed by atoms with Gasteiger partial charge >= 0.3 is 0 Å². The number of hydrogen-bond donors (Lipinski definition) is 0. The molecule has 0 N–H and O–H groups in total. The molecule has 0 radical (unpaired) electrons. The van der Waals surface area contributed by atoms with Crippen molar-refractivity contribution in [1.82, 2.24) is 9.97 Å². The monoisotopic (exact) mass is 344 g/mol. The van der Waals surface area contributed by atoms with E-state index >= 15 is 0 Å². The van der Waals surface area contributed by atoms with Gasteiger partial charge in [-0.25, -0.2) is 9.97 Å². The zero-order valence-corrected chi connectivity index (χ0v) is 13.5. The maximum absolute atomic E-state index is 10.9. The van der Waals surface area contributed by atoms with E-state index in [1.165, 1.54) is 18.5 Å². The predicted molar refractivity (Wildman–Crippen MR) is 90.9 cm³/mol. The van der Waals surface area contributed by atoms with Crippen LogP contribution in [0, 0.1) is 27.2 Å². The third kappa shape index (κ3) is 3.47. The lowest BCUT2D eigenvalue weighted by Gasteiger charge is -2.36. The Bertz CT molecular complexity index is 802. The van der Waals surface area contributed by atoms with E-state index in [0.29, 0.717) is 43.4 Å². The summed E-state index contributed by atoms with van der Waals surface area (Å²) in [7, 11) is 0. The molecule has 0 amide bonds. The van der Waals surface area contributed by atoms with Gasteiger partial charge in [0.05, 0.1) is 9.85 Å². The molecule has 0 unspecified atom stereocenters. The van der Waals surface area contributed by atoms with Gasteiger partial charge < -0.3 is 9.80 Å². The zero-order valence-electron chi connectivity index (χ0n) is 13.5. The van der Waals surface area contributed by atoms with Crippen LogP contribution in [0.15, 0.2) is 30.6 Å². The molecular formula is C15H16N6O4. The molecule has 10 nitrogen and oxygen atoms in total. The maximum atomic E-state index is 10.9. The summed E-state index contributed by atoms with van der Waals surface area (Å²) in [6.07, 6.45) is 2.54. The number of rotatable bonds is 4. The Labute approximate surface area is 143 Å². The van der Waals surface area contributed by atoms with E-state index in [0.717, 1.165) is 0 Å². The first-order chi connectivity index (χ1) is 12.0. The summed E-state index contributed by atoms with van der Waals surface area (Å²) in [6.45, 7) is 4.43. The van der Waals surface area contributed by atoms with Crippen molar-refractivity contribution in [3.05, 3.63) is 56.4 Å². The van der Waals surface area contributed by atoms with Crippen LogP contribution in [0.4, 0.5) is 23.0 Å². The molecule has 1 aliphatic heterocycles. The molecule has 1 fully saturated rings. The molecule has 0 bridgehead atoms. The predicted octanol–water partition coefficient (Wildman–Crippen LogP) is 1.93. The van der Waals surface area contributed by atoms with Crippen molar-refractivity contribution >= 4 is 23.0 Å². The maximum Gasteiger partial charge on any atom is 0.290 e. The van der Waals surface area contributed by atoms with Crippen molar-refractivity contribution in [2.24, 2.45) is 0 Å². The number of piperazine rings is 1. The van der Waals surface area contributed by atoms with Crippen molar-refractivity contribution in [2.45, 2.75) is 6.92 Å². The van der Waals surface area contributed by atoms with Crippen molar-refractivity contribution in [1.29, 1.82) is 0 Å². The largest absolute Gasteiger partial charge is 0.353 e. The van der Waals surface area contributed by atoms with Crippen LogP contribution in [0.25, 0.3) is 0 Å². The summed E-state index contributed by atoms with van der Waals surface area (Å²) in [5.41, 5.74) is 0.555. The second-order valence-electron chi connectivity index (χ2n) is 5.69. The SMILES string of the molecule is Cc1cc(N2CCN(c3ccc([N+](=O)[O-])cn3)CC2)ncc1[N+](=O)[O-]. The Balaban J connectivity index is 1.66. The highest BCUT2D eigenvalue weighted by Gasteiger charge is 2.21. The van der Waals surface area contributed by atoms with E-state index in [-0.39, 0.29) is 11.4 Å². The van der Waals surface area contributed by atoms with Gasteiger partial charge in [-0.3, -0.25) is 20.2 Å². The van der Waals surface area contributed by atoms with Gasteiger partial charge in [0, 0.05) is 37.8 Å². The van der Waals surface area contributed by atoms with E-state index in [1.807, 2.05) is 4.90 Å². The molecule has 1 saturated heterocycles. The average molecular weight is 344 g/mol. The standard InChI is InChI=1S/C15H16N6O4/c1-11-8-15(17-10-13(11)21(24)25)19-6-4-18(5-7-19)14-3-2-12(9-16-14)20(22)23/h2-3,8-10H,4-7H2,1H3. The van der Waals surface area contributed by atoms with Crippen molar-refractivity contribution in [2.75, 3.05) is 36.0 Å². The third-order valence-corrected chi connectivity index (χ3v) is 4.14. The number of hydrogen-bond acceptors (Lipinski definition) is 8. The molecular weight excluding hydrogens is 328 g/mol. The van der Waals surface area contributed by atoms with Crippen LogP contribution in [0.2, 0.25) is 0 Å². The van der Waals surface area contributed by atoms with Gasteiger partial charge in [-0.2, -0.15) is 0 Å². The molecule has 1 aliphatic rings. The fraction of sp³-hybridized carbons (Fsp3) is 0.333. The third-order valence-electron chi connectivity index (χ3n) is 4.14. The van der Waals surface area contributed by atoms with Crippen LogP contribution in [0.5, 0.6) is 0 Å². The van der Waals surface area contributed by atoms with Crippen molar-refractivity contribution in [3.63, 3.8) is 0 Å². The molecule has 3 heterocycles. The van der Waals surface area contributed by atoms with Crippen molar-refractivity contribution in [3.8, 4) is 0 Å². The first-order valence-corrected chi connectivity index (χ1v) is 7.67. The van der Waals surface area contributed by atoms with Gasteiger partial charge in [0.1, 0.15) is 24.0 Å². The van der Waals surface area contributed by atoms with Crippen LogP contribution >= 0.6 is 0 Å². The minimum atomic E-state index is -0.475. The fourth-order valence-electron chi connectivity index (χ4n) is 2.74. The molecule has 0 spiro atoms. The van der Waals surface area contributed by atoms with Crippen LogP contribution in [-0.4, -0.2) is 46.0 Å². The molecule has 0 aromatic carbocycles.